The number of aryl methyl sites for hydroxylation is 1. The highest BCUT2D eigenvalue weighted by molar-refractivity contribution is 5.46. The smallest absolute Gasteiger partial charge is 0.109 e. The van der Waals surface area contributed by atoms with Gasteiger partial charge in [-0.1, -0.05) is 18.2 Å². The third-order valence-electron chi connectivity index (χ3n) is 3.17. The maximum atomic E-state index is 5.48. The number of hydrogen-bond donors (Lipinski definition) is 1. The van der Waals surface area contributed by atoms with Crippen molar-refractivity contribution in [2.45, 2.75) is 25.3 Å². The molecule has 82 valence electrons. The fourth-order valence-electron chi connectivity index (χ4n) is 2.37. The Morgan fingerprint density at radius 2 is 2.00 bits per heavy atom. The van der Waals surface area contributed by atoms with E-state index in [1.54, 1.807) is 6.26 Å². The van der Waals surface area contributed by atoms with E-state index in [4.69, 9.17) is 4.42 Å². The van der Waals surface area contributed by atoms with Crippen molar-refractivity contribution in [2.24, 2.45) is 0 Å². The molecule has 0 bridgehead atoms. The first-order valence-corrected chi connectivity index (χ1v) is 5.81. The second-order valence-corrected chi connectivity index (χ2v) is 4.25. The van der Waals surface area contributed by atoms with Crippen LogP contribution in [0.25, 0.3) is 0 Å². The highest BCUT2D eigenvalue weighted by Gasteiger charge is 2.22. The van der Waals surface area contributed by atoms with Gasteiger partial charge in [-0.2, -0.15) is 0 Å². The number of furan rings is 1. The lowest BCUT2D eigenvalue weighted by molar-refractivity contribution is 0.461. The highest BCUT2D eigenvalue weighted by atomic mass is 16.3. The second-order valence-electron chi connectivity index (χ2n) is 4.25. The molecule has 1 aliphatic rings. The van der Waals surface area contributed by atoms with Crippen LogP contribution in [-0.4, -0.2) is 0 Å². The van der Waals surface area contributed by atoms with Gasteiger partial charge in [0.15, 0.2) is 0 Å². The molecule has 16 heavy (non-hydrogen) atoms. The Bertz CT molecular complexity index is 461. The van der Waals surface area contributed by atoms with E-state index < -0.39 is 0 Å². The molecule has 0 saturated carbocycles. The van der Waals surface area contributed by atoms with Gasteiger partial charge in [-0.05, 0) is 31.0 Å². The summed E-state index contributed by atoms with van der Waals surface area (Å²) in [5.41, 5.74) is 2.51. The molecule has 1 aliphatic carbocycles. The molecule has 0 radical (unpaired) electrons. The largest absolute Gasteiger partial charge is 0.469 e. The molecule has 1 atom stereocenters. The SMILES string of the molecule is c1ccc(NC2CCCc3occc32)cc1. The third kappa shape index (κ3) is 1.71. The van der Waals surface area contributed by atoms with Crippen LogP contribution in [0.15, 0.2) is 47.1 Å². The topological polar surface area (TPSA) is 25.2 Å². The quantitative estimate of drug-likeness (QED) is 0.821. The maximum absolute atomic E-state index is 5.48. The van der Waals surface area contributed by atoms with Gasteiger partial charge in [0, 0.05) is 17.7 Å². The summed E-state index contributed by atoms with van der Waals surface area (Å²) in [7, 11) is 0. The zero-order valence-corrected chi connectivity index (χ0v) is 9.15. The molecule has 2 nitrogen and oxygen atoms in total. The van der Waals surface area contributed by atoms with Crippen LogP contribution in [0.3, 0.4) is 0 Å². The van der Waals surface area contributed by atoms with Gasteiger partial charge in [0.05, 0.1) is 12.3 Å². The average Bonchev–Trinajstić information content (AvgIpc) is 2.80. The zero-order valence-electron chi connectivity index (χ0n) is 9.15. The van der Waals surface area contributed by atoms with E-state index >= 15 is 0 Å². The van der Waals surface area contributed by atoms with Crippen LogP contribution in [0.1, 0.15) is 30.2 Å². The monoisotopic (exact) mass is 213 g/mol. The van der Waals surface area contributed by atoms with E-state index in [2.05, 4.69) is 35.6 Å². The van der Waals surface area contributed by atoms with E-state index in [1.165, 1.54) is 24.1 Å². The molecule has 0 fully saturated rings. The van der Waals surface area contributed by atoms with Gasteiger partial charge >= 0.3 is 0 Å². The molecule has 0 amide bonds. The molecule has 2 aromatic rings. The van der Waals surface area contributed by atoms with Crippen molar-refractivity contribution in [1.29, 1.82) is 0 Å². The first kappa shape index (κ1) is 9.52. The highest BCUT2D eigenvalue weighted by Crippen LogP contribution is 2.32. The molecule has 1 aromatic carbocycles. The predicted molar refractivity (Wildman–Crippen MR) is 64.5 cm³/mol. The standard InChI is InChI=1S/C14H15NO/c1-2-5-11(6-3-1)15-13-7-4-8-14-12(13)9-10-16-14/h1-3,5-6,9-10,13,15H,4,7-8H2. The molecule has 1 heterocycles. The van der Waals surface area contributed by atoms with Gasteiger partial charge in [-0.25, -0.2) is 0 Å². The Morgan fingerprint density at radius 1 is 1.12 bits per heavy atom. The average molecular weight is 213 g/mol. The van der Waals surface area contributed by atoms with Crippen LogP contribution in [0, 0.1) is 0 Å². The Balaban J connectivity index is 1.83. The van der Waals surface area contributed by atoms with Crippen LogP contribution < -0.4 is 5.32 Å². The van der Waals surface area contributed by atoms with Gasteiger partial charge in [-0.3, -0.25) is 0 Å². The van der Waals surface area contributed by atoms with E-state index in [0.717, 1.165) is 12.2 Å². The Morgan fingerprint density at radius 3 is 2.88 bits per heavy atom. The Hall–Kier alpha value is -1.70. The Kier molecular flexibility index (Phi) is 2.41. The van der Waals surface area contributed by atoms with Crippen LogP contribution in [0.5, 0.6) is 0 Å². The molecular formula is C14H15NO. The predicted octanol–water partition coefficient (Wildman–Crippen LogP) is 3.77. The van der Waals surface area contributed by atoms with Crippen LogP contribution >= 0.6 is 0 Å². The third-order valence-corrected chi connectivity index (χ3v) is 3.17. The van der Waals surface area contributed by atoms with Crippen LogP contribution in [0.4, 0.5) is 5.69 Å². The summed E-state index contributed by atoms with van der Waals surface area (Å²) < 4.78 is 5.48. The molecule has 0 saturated heterocycles. The molecule has 1 unspecified atom stereocenters. The van der Waals surface area contributed by atoms with Gasteiger partial charge in [0.25, 0.3) is 0 Å². The van der Waals surface area contributed by atoms with E-state index in [9.17, 15) is 0 Å². The summed E-state index contributed by atoms with van der Waals surface area (Å²) in [6, 6.07) is 12.9. The normalized spacial score (nSPS) is 19.1. The molecule has 1 N–H and O–H groups in total. The molecule has 2 heteroatoms. The van der Waals surface area contributed by atoms with E-state index in [0.29, 0.717) is 6.04 Å². The molecule has 0 aliphatic heterocycles. The first-order valence-electron chi connectivity index (χ1n) is 5.81. The lowest BCUT2D eigenvalue weighted by Gasteiger charge is -2.23. The van der Waals surface area contributed by atoms with Crippen molar-refractivity contribution in [3.63, 3.8) is 0 Å². The van der Waals surface area contributed by atoms with Gasteiger partial charge in [0.2, 0.25) is 0 Å². The van der Waals surface area contributed by atoms with Crippen molar-refractivity contribution in [2.75, 3.05) is 5.32 Å². The van der Waals surface area contributed by atoms with Crippen molar-refractivity contribution in [1.82, 2.24) is 0 Å². The summed E-state index contributed by atoms with van der Waals surface area (Å²) in [6.07, 6.45) is 5.26. The van der Waals surface area contributed by atoms with Gasteiger partial charge in [-0.15, -0.1) is 0 Å². The minimum absolute atomic E-state index is 0.407. The number of nitrogens with one attached hydrogen (secondary N) is 1. The van der Waals surface area contributed by atoms with Gasteiger partial charge < -0.3 is 9.73 Å². The summed E-state index contributed by atoms with van der Waals surface area (Å²) in [6.45, 7) is 0. The molecule has 0 spiro atoms. The van der Waals surface area contributed by atoms with E-state index in [-0.39, 0.29) is 0 Å². The second kappa shape index (κ2) is 4.05. The zero-order chi connectivity index (χ0) is 10.8. The lowest BCUT2D eigenvalue weighted by atomic mass is 9.93. The van der Waals surface area contributed by atoms with Crippen LogP contribution in [0.2, 0.25) is 0 Å². The summed E-state index contributed by atoms with van der Waals surface area (Å²) in [5.74, 6) is 1.15. The number of para-hydroxylation sites is 1. The van der Waals surface area contributed by atoms with Crippen molar-refractivity contribution in [3.8, 4) is 0 Å². The van der Waals surface area contributed by atoms with Crippen molar-refractivity contribution >= 4 is 5.69 Å². The first-order chi connectivity index (χ1) is 7.93. The van der Waals surface area contributed by atoms with Crippen molar-refractivity contribution in [3.05, 3.63) is 54.0 Å². The summed E-state index contributed by atoms with van der Waals surface area (Å²) in [4.78, 5) is 0. The lowest BCUT2D eigenvalue weighted by Crippen LogP contribution is -2.15. The fourth-order valence-corrected chi connectivity index (χ4v) is 2.37. The summed E-state index contributed by atoms with van der Waals surface area (Å²) in [5, 5.41) is 3.56. The minimum atomic E-state index is 0.407. The molecule has 1 aromatic heterocycles. The number of hydrogen-bond acceptors (Lipinski definition) is 2. The van der Waals surface area contributed by atoms with Gasteiger partial charge in [0.1, 0.15) is 5.76 Å². The number of rotatable bonds is 2. The fraction of sp³-hybridized carbons (Fsp3) is 0.286. The minimum Gasteiger partial charge on any atom is -0.469 e. The maximum Gasteiger partial charge on any atom is 0.109 e. The number of fused-ring (bicyclic) bond motifs is 1. The van der Waals surface area contributed by atoms with Crippen LogP contribution in [-0.2, 0) is 6.42 Å². The molecular weight excluding hydrogens is 198 g/mol. The number of benzene rings is 1. The van der Waals surface area contributed by atoms with Crippen molar-refractivity contribution < 1.29 is 4.42 Å². The molecule has 3 rings (SSSR count). The summed E-state index contributed by atoms with van der Waals surface area (Å²) >= 11 is 0. The number of anilines is 1. The Labute approximate surface area is 95.3 Å². The van der Waals surface area contributed by atoms with E-state index in [1.807, 2.05) is 6.07 Å².